The fourth-order valence-corrected chi connectivity index (χ4v) is 4.68. The van der Waals surface area contributed by atoms with Crippen LogP contribution in [0.4, 0.5) is 8.78 Å². The van der Waals surface area contributed by atoms with Gasteiger partial charge in [-0.15, -0.1) is 0 Å². The maximum absolute atomic E-state index is 13.9. The Morgan fingerprint density at radius 2 is 1.71 bits per heavy atom. The maximum Gasteiger partial charge on any atom is 0.248 e. The summed E-state index contributed by atoms with van der Waals surface area (Å²) in [7, 11) is -1.34. The molecule has 0 radical (unpaired) electrons. The smallest absolute Gasteiger partial charge is 0.248 e. The number of carbonyl (C=O) groups is 2. The minimum Gasteiger partial charge on any atom is -0.340 e. The number of hydrogen-bond donors (Lipinski definition) is 1. The van der Waals surface area contributed by atoms with Gasteiger partial charge in [0.05, 0.1) is 5.25 Å². The molecule has 0 aromatic rings. The van der Waals surface area contributed by atoms with Gasteiger partial charge < -0.3 is 4.90 Å². The Morgan fingerprint density at radius 1 is 1.04 bits per heavy atom. The second-order valence-corrected chi connectivity index (χ2v) is 9.69. The van der Waals surface area contributed by atoms with Gasteiger partial charge in [-0.25, -0.2) is 13.0 Å². The average Bonchev–Trinajstić information content (AvgIpc) is 3.39. The number of amides is 2. The van der Waals surface area contributed by atoms with E-state index < -0.39 is 22.8 Å². The highest BCUT2D eigenvalue weighted by atomic mass is 32.2. The molecule has 0 bridgehead atoms. The van der Waals surface area contributed by atoms with Crippen LogP contribution in [0.1, 0.15) is 90.4 Å². The van der Waals surface area contributed by atoms with Gasteiger partial charge in [-0.05, 0) is 51.9 Å². The zero-order chi connectivity index (χ0) is 20.6. The minimum absolute atomic E-state index is 0.00885. The Bertz CT molecular complexity index is 556. The van der Waals surface area contributed by atoms with Crippen LogP contribution >= 0.6 is 0 Å². The topological polar surface area (TPSA) is 66.5 Å². The van der Waals surface area contributed by atoms with E-state index in [0.717, 1.165) is 45.1 Å². The van der Waals surface area contributed by atoms with Crippen LogP contribution in [0.3, 0.4) is 0 Å². The van der Waals surface area contributed by atoms with Crippen molar-refractivity contribution in [3.8, 4) is 0 Å². The highest BCUT2D eigenvalue weighted by Crippen LogP contribution is 2.28. The van der Waals surface area contributed by atoms with Crippen LogP contribution in [-0.2, 0) is 20.6 Å². The number of likely N-dealkylation sites (tertiary alicyclic amines) is 1. The molecule has 1 aliphatic carbocycles. The van der Waals surface area contributed by atoms with Crippen LogP contribution < -0.4 is 4.72 Å². The lowest BCUT2D eigenvalue weighted by molar-refractivity contribution is -0.131. The number of rotatable bonds is 13. The summed E-state index contributed by atoms with van der Waals surface area (Å²) in [6, 6.07) is 0.335. The molecule has 2 rings (SSSR count). The molecule has 28 heavy (non-hydrogen) atoms. The second-order valence-electron chi connectivity index (χ2n) is 8.22. The van der Waals surface area contributed by atoms with Crippen molar-refractivity contribution in [3.05, 3.63) is 0 Å². The molecule has 1 saturated heterocycles. The Hall–Kier alpha value is -1.05. The molecular weight excluding hydrogens is 386 g/mol. The van der Waals surface area contributed by atoms with Crippen LogP contribution in [0.5, 0.6) is 0 Å². The number of halogens is 2. The molecule has 1 aliphatic heterocycles. The highest BCUT2D eigenvalue weighted by Gasteiger charge is 2.31. The van der Waals surface area contributed by atoms with Gasteiger partial charge in [-0.1, -0.05) is 12.8 Å². The number of nitrogens with one attached hydrogen (secondary N) is 1. The molecule has 1 saturated carbocycles. The van der Waals surface area contributed by atoms with Crippen LogP contribution in [0.25, 0.3) is 0 Å². The van der Waals surface area contributed by atoms with E-state index in [1.165, 1.54) is 0 Å². The predicted octanol–water partition coefficient (Wildman–Crippen LogP) is 4.09. The molecule has 5 nitrogen and oxygen atoms in total. The molecule has 1 heterocycles. The predicted molar refractivity (Wildman–Crippen MR) is 106 cm³/mol. The quantitative estimate of drug-likeness (QED) is 0.457. The molecule has 2 fully saturated rings. The van der Waals surface area contributed by atoms with Crippen molar-refractivity contribution in [2.45, 2.75) is 108 Å². The molecule has 0 aromatic carbocycles. The summed E-state index contributed by atoms with van der Waals surface area (Å²) in [5.41, 5.74) is 0. The molecule has 8 heteroatoms. The Kier molecular flexibility index (Phi) is 9.31. The third kappa shape index (κ3) is 8.53. The summed E-state index contributed by atoms with van der Waals surface area (Å²) in [6.07, 6.45) is 6.63. The van der Waals surface area contributed by atoms with Crippen molar-refractivity contribution in [2.75, 3.05) is 6.54 Å². The van der Waals surface area contributed by atoms with Crippen molar-refractivity contribution in [3.63, 3.8) is 0 Å². The SMILES string of the molecule is CC1CCCN1C(=O)CCCCCCC(F)(F)CCCC(=O)NS(=O)C1CC1. The Labute approximate surface area is 169 Å². The Balaban J connectivity index is 1.47. The van der Waals surface area contributed by atoms with Crippen LogP contribution in [0, 0.1) is 0 Å². The summed E-state index contributed by atoms with van der Waals surface area (Å²) in [6.45, 7) is 2.92. The normalized spacial score (nSPS) is 21.0. The van der Waals surface area contributed by atoms with Gasteiger partial charge in [0.1, 0.15) is 11.0 Å². The summed E-state index contributed by atoms with van der Waals surface area (Å²) in [5, 5.41) is 0.0550. The van der Waals surface area contributed by atoms with Gasteiger partial charge in [-0.3, -0.25) is 14.3 Å². The fraction of sp³-hybridized carbons (Fsp3) is 0.900. The van der Waals surface area contributed by atoms with Crippen molar-refractivity contribution in [1.29, 1.82) is 0 Å². The first-order valence-corrected chi connectivity index (χ1v) is 11.9. The average molecular weight is 421 g/mol. The van der Waals surface area contributed by atoms with Crippen molar-refractivity contribution in [2.24, 2.45) is 0 Å². The molecule has 162 valence electrons. The van der Waals surface area contributed by atoms with Gasteiger partial charge in [0, 0.05) is 38.3 Å². The van der Waals surface area contributed by atoms with E-state index in [-0.39, 0.29) is 36.8 Å². The van der Waals surface area contributed by atoms with Gasteiger partial charge in [0.15, 0.2) is 0 Å². The fourth-order valence-electron chi connectivity index (χ4n) is 3.62. The van der Waals surface area contributed by atoms with Crippen LogP contribution in [-0.4, -0.2) is 44.7 Å². The number of hydrogen-bond acceptors (Lipinski definition) is 3. The van der Waals surface area contributed by atoms with E-state index >= 15 is 0 Å². The van der Waals surface area contributed by atoms with E-state index in [1.54, 1.807) is 0 Å². The minimum atomic E-state index is -2.77. The molecule has 2 aliphatic rings. The number of carbonyl (C=O) groups excluding carboxylic acids is 2. The summed E-state index contributed by atoms with van der Waals surface area (Å²) in [4.78, 5) is 25.6. The molecule has 2 atom stereocenters. The first-order valence-electron chi connectivity index (χ1n) is 10.7. The van der Waals surface area contributed by atoms with Crippen LogP contribution in [0.2, 0.25) is 0 Å². The molecular formula is C20H34F2N2O3S. The van der Waals surface area contributed by atoms with Gasteiger partial charge in [0.2, 0.25) is 17.7 Å². The summed E-state index contributed by atoms with van der Waals surface area (Å²) >= 11 is 0. The monoisotopic (exact) mass is 420 g/mol. The standard InChI is InChI=1S/C20H34F2N2O3S/c1-16-8-7-15-24(16)19(26)10-4-2-3-5-13-20(21,22)14-6-9-18(25)23-28(27)17-11-12-17/h16-17H,2-15H2,1H3,(H,23,25). The number of unbranched alkanes of at least 4 members (excludes halogenated alkanes) is 3. The zero-order valence-corrected chi connectivity index (χ0v) is 17.7. The molecule has 0 spiro atoms. The first kappa shape index (κ1) is 23.2. The van der Waals surface area contributed by atoms with Gasteiger partial charge in [0.25, 0.3) is 0 Å². The number of nitrogens with zero attached hydrogens (tertiary/aromatic N) is 1. The van der Waals surface area contributed by atoms with Crippen molar-refractivity contribution in [1.82, 2.24) is 9.62 Å². The lowest BCUT2D eigenvalue weighted by atomic mass is 10.0. The third-order valence-electron chi connectivity index (χ3n) is 5.54. The summed E-state index contributed by atoms with van der Waals surface area (Å²) < 4.78 is 41.7. The van der Waals surface area contributed by atoms with Crippen molar-refractivity contribution >= 4 is 22.8 Å². The lowest BCUT2D eigenvalue weighted by Gasteiger charge is -2.21. The molecule has 2 amide bonds. The summed E-state index contributed by atoms with van der Waals surface area (Å²) in [5.74, 6) is -2.98. The molecule has 0 aromatic heterocycles. The van der Waals surface area contributed by atoms with E-state index in [2.05, 4.69) is 11.6 Å². The van der Waals surface area contributed by atoms with E-state index in [9.17, 15) is 22.6 Å². The van der Waals surface area contributed by atoms with Gasteiger partial charge >= 0.3 is 0 Å². The third-order valence-corrected chi connectivity index (χ3v) is 7.05. The largest absolute Gasteiger partial charge is 0.340 e. The highest BCUT2D eigenvalue weighted by molar-refractivity contribution is 7.84. The maximum atomic E-state index is 13.9. The molecule has 1 N–H and O–H groups in total. The van der Waals surface area contributed by atoms with E-state index in [4.69, 9.17) is 0 Å². The molecule has 2 unspecified atom stereocenters. The van der Waals surface area contributed by atoms with E-state index in [1.807, 2.05) is 4.90 Å². The number of alkyl halides is 2. The zero-order valence-electron chi connectivity index (χ0n) is 16.9. The lowest BCUT2D eigenvalue weighted by Crippen LogP contribution is -2.33. The van der Waals surface area contributed by atoms with Gasteiger partial charge in [-0.2, -0.15) is 0 Å². The van der Waals surface area contributed by atoms with E-state index in [0.29, 0.717) is 25.3 Å². The Morgan fingerprint density at radius 3 is 2.36 bits per heavy atom. The van der Waals surface area contributed by atoms with Crippen molar-refractivity contribution < 1.29 is 22.6 Å². The van der Waals surface area contributed by atoms with Crippen LogP contribution in [0.15, 0.2) is 0 Å². The first-order chi connectivity index (χ1) is 13.3. The second kappa shape index (κ2) is 11.2.